The van der Waals surface area contributed by atoms with Crippen molar-refractivity contribution in [3.63, 3.8) is 0 Å². The third kappa shape index (κ3) is 3.06. The van der Waals surface area contributed by atoms with E-state index in [0.717, 1.165) is 38.1 Å². The number of aryl methyl sites for hydroxylation is 1. The molecule has 5 nitrogen and oxygen atoms in total. The zero-order valence-corrected chi connectivity index (χ0v) is 10.2. The fraction of sp³-hybridized carbons (Fsp3) is 0.667. The van der Waals surface area contributed by atoms with Crippen LogP contribution in [0.2, 0.25) is 0 Å². The predicted octanol–water partition coefficient (Wildman–Crippen LogP) is 0.554. The lowest BCUT2D eigenvalue weighted by Crippen LogP contribution is -2.36. The first-order valence-electron chi connectivity index (χ1n) is 6.15. The van der Waals surface area contributed by atoms with E-state index >= 15 is 0 Å². The summed E-state index contributed by atoms with van der Waals surface area (Å²) in [7, 11) is 1.99. The van der Waals surface area contributed by atoms with Crippen molar-refractivity contribution in [1.29, 1.82) is 0 Å². The maximum atomic E-state index is 11.0. The summed E-state index contributed by atoms with van der Waals surface area (Å²) in [5.41, 5.74) is 5.31. The summed E-state index contributed by atoms with van der Waals surface area (Å²) in [6, 6.07) is 0.488. The number of nitrogens with two attached hydrogens (primary N) is 1. The van der Waals surface area contributed by atoms with Gasteiger partial charge in [0.15, 0.2) is 0 Å². The van der Waals surface area contributed by atoms with Crippen LogP contribution in [0.15, 0.2) is 12.4 Å². The van der Waals surface area contributed by atoms with Crippen LogP contribution in [0, 0.1) is 5.92 Å². The minimum Gasteiger partial charge on any atom is -0.369 e. The summed E-state index contributed by atoms with van der Waals surface area (Å²) in [6.45, 7) is 0.787. The number of rotatable bonds is 4. The van der Waals surface area contributed by atoms with Crippen molar-refractivity contribution in [1.82, 2.24) is 14.9 Å². The van der Waals surface area contributed by atoms with E-state index in [9.17, 15) is 4.79 Å². The molecule has 1 fully saturated rings. The minimum atomic E-state index is -0.146. The van der Waals surface area contributed by atoms with Crippen LogP contribution in [0.4, 0.5) is 0 Å². The molecule has 1 aromatic heterocycles. The first kappa shape index (κ1) is 12.1. The molecule has 1 amide bonds. The maximum Gasteiger partial charge on any atom is 0.220 e. The molecule has 0 aromatic carbocycles. The summed E-state index contributed by atoms with van der Waals surface area (Å²) in [6.07, 6.45) is 7.62. The number of hydrogen-bond acceptors (Lipinski definition) is 3. The molecule has 2 rings (SSSR count). The SMILES string of the molecule is Cn1ccnc1CNC1CCC(C(N)=O)CC1. The molecule has 17 heavy (non-hydrogen) atoms. The van der Waals surface area contributed by atoms with Gasteiger partial charge >= 0.3 is 0 Å². The number of carbonyl (C=O) groups excluding carboxylic acids is 1. The van der Waals surface area contributed by atoms with Gasteiger partial charge in [0.2, 0.25) is 5.91 Å². The standard InChI is InChI=1S/C12H20N4O/c1-16-7-6-14-11(16)8-15-10-4-2-9(3-5-10)12(13)17/h6-7,9-10,15H,2-5,8H2,1H3,(H2,13,17). The van der Waals surface area contributed by atoms with Gasteiger partial charge in [0.1, 0.15) is 5.82 Å². The second-order valence-corrected chi connectivity index (χ2v) is 4.79. The first-order chi connectivity index (χ1) is 8.16. The molecule has 0 bridgehead atoms. The molecule has 0 unspecified atom stereocenters. The third-order valence-electron chi connectivity index (χ3n) is 3.60. The number of aromatic nitrogens is 2. The molecule has 1 aromatic rings. The van der Waals surface area contributed by atoms with Crippen LogP contribution in [-0.2, 0) is 18.4 Å². The highest BCUT2D eigenvalue weighted by Crippen LogP contribution is 2.23. The molecule has 0 aliphatic heterocycles. The van der Waals surface area contributed by atoms with E-state index in [1.165, 1.54) is 0 Å². The van der Waals surface area contributed by atoms with Crippen LogP contribution in [-0.4, -0.2) is 21.5 Å². The van der Waals surface area contributed by atoms with Gasteiger partial charge in [0.05, 0.1) is 6.54 Å². The molecular weight excluding hydrogens is 216 g/mol. The number of carbonyl (C=O) groups is 1. The number of nitrogens with one attached hydrogen (secondary N) is 1. The number of amides is 1. The van der Waals surface area contributed by atoms with E-state index in [1.807, 2.05) is 17.8 Å². The van der Waals surface area contributed by atoms with Crippen molar-refractivity contribution in [2.45, 2.75) is 38.3 Å². The number of nitrogens with zero attached hydrogens (tertiary/aromatic N) is 2. The zero-order valence-electron chi connectivity index (χ0n) is 10.2. The molecule has 0 saturated heterocycles. The second kappa shape index (κ2) is 5.31. The largest absolute Gasteiger partial charge is 0.369 e. The van der Waals surface area contributed by atoms with Crippen LogP contribution >= 0.6 is 0 Å². The number of hydrogen-bond donors (Lipinski definition) is 2. The Hall–Kier alpha value is -1.36. The summed E-state index contributed by atoms with van der Waals surface area (Å²) in [5.74, 6) is 0.982. The highest BCUT2D eigenvalue weighted by molar-refractivity contribution is 5.76. The van der Waals surface area contributed by atoms with Gasteiger partial charge in [-0.2, -0.15) is 0 Å². The maximum absolute atomic E-state index is 11.0. The fourth-order valence-electron chi connectivity index (χ4n) is 2.38. The Morgan fingerprint density at radius 3 is 2.76 bits per heavy atom. The summed E-state index contributed by atoms with van der Waals surface area (Å²) >= 11 is 0. The Morgan fingerprint density at radius 1 is 1.53 bits per heavy atom. The molecule has 1 saturated carbocycles. The lowest BCUT2D eigenvalue weighted by molar-refractivity contribution is -0.122. The first-order valence-corrected chi connectivity index (χ1v) is 6.15. The van der Waals surface area contributed by atoms with Gasteiger partial charge in [-0.1, -0.05) is 0 Å². The molecule has 1 aliphatic carbocycles. The average Bonchev–Trinajstić information content (AvgIpc) is 2.73. The van der Waals surface area contributed by atoms with Crippen LogP contribution in [0.3, 0.4) is 0 Å². The Labute approximate surface area is 101 Å². The third-order valence-corrected chi connectivity index (χ3v) is 3.60. The van der Waals surface area contributed by atoms with E-state index in [2.05, 4.69) is 10.3 Å². The summed E-state index contributed by atoms with van der Waals surface area (Å²) in [4.78, 5) is 15.3. The van der Waals surface area contributed by atoms with Crippen LogP contribution < -0.4 is 11.1 Å². The van der Waals surface area contributed by atoms with E-state index in [1.54, 1.807) is 6.20 Å². The van der Waals surface area contributed by atoms with Gasteiger partial charge in [0.25, 0.3) is 0 Å². The quantitative estimate of drug-likeness (QED) is 0.802. The number of imidazole rings is 1. The average molecular weight is 236 g/mol. The highest BCUT2D eigenvalue weighted by Gasteiger charge is 2.24. The van der Waals surface area contributed by atoms with Crippen molar-refractivity contribution >= 4 is 5.91 Å². The molecule has 0 atom stereocenters. The van der Waals surface area contributed by atoms with E-state index in [-0.39, 0.29) is 11.8 Å². The second-order valence-electron chi connectivity index (χ2n) is 4.79. The highest BCUT2D eigenvalue weighted by atomic mass is 16.1. The lowest BCUT2D eigenvalue weighted by Gasteiger charge is -2.27. The van der Waals surface area contributed by atoms with Crippen LogP contribution in [0.1, 0.15) is 31.5 Å². The molecule has 3 N–H and O–H groups in total. The Morgan fingerprint density at radius 2 is 2.24 bits per heavy atom. The molecular formula is C12H20N4O. The van der Waals surface area contributed by atoms with Crippen molar-refractivity contribution in [2.24, 2.45) is 18.7 Å². The van der Waals surface area contributed by atoms with Crippen molar-refractivity contribution in [3.05, 3.63) is 18.2 Å². The molecule has 1 heterocycles. The van der Waals surface area contributed by atoms with Gasteiger partial charge in [-0.25, -0.2) is 4.98 Å². The smallest absolute Gasteiger partial charge is 0.220 e. The van der Waals surface area contributed by atoms with E-state index in [4.69, 9.17) is 5.73 Å². The van der Waals surface area contributed by atoms with E-state index < -0.39 is 0 Å². The topological polar surface area (TPSA) is 72.9 Å². The van der Waals surface area contributed by atoms with Crippen molar-refractivity contribution < 1.29 is 4.79 Å². The van der Waals surface area contributed by atoms with E-state index in [0.29, 0.717) is 6.04 Å². The predicted molar refractivity (Wildman–Crippen MR) is 65.0 cm³/mol. The van der Waals surface area contributed by atoms with Crippen molar-refractivity contribution in [3.8, 4) is 0 Å². The Bertz CT molecular complexity index is 380. The van der Waals surface area contributed by atoms with Gasteiger partial charge < -0.3 is 15.6 Å². The molecule has 94 valence electrons. The normalized spacial score (nSPS) is 24.8. The molecule has 5 heteroatoms. The Balaban J connectivity index is 1.75. The fourth-order valence-corrected chi connectivity index (χ4v) is 2.38. The van der Waals surface area contributed by atoms with Gasteiger partial charge in [-0.05, 0) is 25.7 Å². The number of primary amides is 1. The molecule has 0 spiro atoms. The van der Waals surface area contributed by atoms with Crippen LogP contribution in [0.25, 0.3) is 0 Å². The summed E-state index contributed by atoms with van der Waals surface area (Å²) in [5, 5.41) is 3.49. The van der Waals surface area contributed by atoms with Gasteiger partial charge in [-0.15, -0.1) is 0 Å². The lowest BCUT2D eigenvalue weighted by atomic mass is 9.85. The molecule has 1 aliphatic rings. The van der Waals surface area contributed by atoms with Crippen molar-refractivity contribution in [2.75, 3.05) is 0 Å². The van der Waals surface area contributed by atoms with Crippen LogP contribution in [0.5, 0.6) is 0 Å². The monoisotopic (exact) mass is 236 g/mol. The van der Waals surface area contributed by atoms with Gasteiger partial charge in [-0.3, -0.25) is 4.79 Å². The zero-order chi connectivity index (χ0) is 12.3. The molecule has 0 radical (unpaired) electrons. The Kier molecular flexibility index (Phi) is 3.78. The minimum absolute atomic E-state index is 0.0845. The van der Waals surface area contributed by atoms with Gasteiger partial charge in [0, 0.05) is 31.4 Å². The summed E-state index contributed by atoms with van der Waals surface area (Å²) < 4.78 is 2.02.